The van der Waals surface area contributed by atoms with Crippen molar-refractivity contribution >= 4 is 23.4 Å². The standard InChI is InChI=1S/C20H20N4OS/c1-14-7-5-6-10-17(14)21-18(25)13-26-20-23-22-19(15-11-12-15)24(20)16-8-3-2-4-9-16/h2-10,15H,11-13H2,1H3,(H,21,25). The number of aromatic nitrogens is 3. The van der Waals surface area contributed by atoms with Gasteiger partial charge in [0.05, 0.1) is 5.75 Å². The van der Waals surface area contributed by atoms with Gasteiger partial charge in [0.1, 0.15) is 5.82 Å². The molecule has 1 aliphatic carbocycles. The number of anilines is 1. The fourth-order valence-corrected chi connectivity index (χ4v) is 3.59. The predicted octanol–water partition coefficient (Wildman–Crippen LogP) is 4.18. The van der Waals surface area contributed by atoms with Gasteiger partial charge in [0.2, 0.25) is 5.91 Å². The van der Waals surface area contributed by atoms with Crippen molar-refractivity contribution in [3.8, 4) is 5.69 Å². The average Bonchev–Trinajstić information content (AvgIpc) is 3.42. The van der Waals surface area contributed by atoms with E-state index in [0.29, 0.717) is 11.7 Å². The molecule has 1 N–H and O–H groups in total. The summed E-state index contributed by atoms with van der Waals surface area (Å²) in [5.74, 6) is 1.74. The first-order valence-corrected chi connectivity index (χ1v) is 9.70. The van der Waals surface area contributed by atoms with Gasteiger partial charge >= 0.3 is 0 Å². The number of hydrogen-bond donors (Lipinski definition) is 1. The van der Waals surface area contributed by atoms with Crippen LogP contribution in [-0.4, -0.2) is 26.4 Å². The highest BCUT2D eigenvalue weighted by Crippen LogP contribution is 2.41. The van der Waals surface area contributed by atoms with Crippen molar-refractivity contribution in [2.75, 3.05) is 11.1 Å². The van der Waals surface area contributed by atoms with E-state index in [0.717, 1.165) is 40.8 Å². The van der Waals surface area contributed by atoms with Crippen LogP contribution in [0, 0.1) is 6.92 Å². The van der Waals surface area contributed by atoms with Gasteiger partial charge in [0, 0.05) is 17.3 Å². The molecule has 0 aliphatic heterocycles. The largest absolute Gasteiger partial charge is 0.325 e. The van der Waals surface area contributed by atoms with Crippen LogP contribution >= 0.6 is 11.8 Å². The third-order valence-corrected chi connectivity index (χ3v) is 5.30. The molecule has 0 radical (unpaired) electrons. The Labute approximate surface area is 156 Å². The second-order valence-corrected chi connectivity index (χ2v) is 7.38. The van der Waals surface area contributed by atoms with E-state index in [1.165, 1.54) is 11.8 Å². The number of carbonyl (C=O) groups is 1. The Hall–Kier alpha value is -2.60. The molecule has 5 nitrogen and oxygen atoms in total. The highest BCUT2D eigenvalue weighted by molar-refractivity contribution is 7.99. The molecule has 3 aromatic rings. The molecular formula is C20H20N4OS. The minimum atomic E-state index is -0.0418. The molecule has 26 heavy (non-hydrogen) atoms. The van der Waals surface area contributed by atoms with Crippen LogP contribution < -0.4 is 5.32 Å². The lowest BCUT2D eigenvalue weighted by atomic mass is 10.2. The van der Waals surface area contributed by atoms with Crippen LogP contribution in [0.2, 0.25) is 0 Å². The first-order valence-electron chi connectivity index (χ1n) is 8.71. The summed E-state index contributed by atoms with van der Waals surface area (Å²) in [6.07, 6.45) is 2.31. The number of para-hydroxylation sites is 2. The first kappa shape index (κ1) is 16.8. The maximum Gasteiger partial charge on any atom is 0.234 e. The molecular weight excluding hydrogens is 344 g/mol. The van der Waals surface area contributed by atoms with Crippen molar-refractivity contribution in [3.05, 3.63) is 66.0 Å². The normalized spacial score (nSPS) is 13.6. The van der Waals surface area contributed by atoms with E-state index in [9.17, 15) is 4.79 Å². The van der Waals surface area contributed by atoms with Crippen molar-refractivity contribution in [1.82, 2.24) is 14.8 Å². The van der Waals surface area contributed by atoms with Gasteiger partial charge in [-0.1, -0.05) is 48.2 Å². The van der Waals surface area contributed by atoms with Crippen molar-refractivity contribution in [2.24, 2.45) is 0 Å². The summed E-state index contributed by atoms with van der Waals surface area (Å²) in [4.78, 5) is 12.3. The third kappa shape index (κ3) is 3.65. The van der Waals surface area contributed by atoms with E-state index in [-0.39, 0.29) is 5.91 Å². The zero-order chi connectivity index (χ0) is 17.9. The average molecular weight is 364 g/mol. The lowest BCUT2D eigenvalue weighted by Crippen LogP contribution is -2.15. The maximum absolute atomic E-state index is 12.3. The van der Waals surface area contributed by atoms with Crippen molar-refractivity contribution in [2.45, 2.75) is 30.8 Å². The minimum absolute atomic E-state index is 0.0418. The molecule has 6 heteroatoms. The quantitative estimate of drug-likeness (QED) is 0.667. The second-order valence-electron chi connectivity index (χ2n) is 6.44. The van der Waals surface area contributed by atoms with Crippen molar-refractivity contribution in [1.29, 1.82) is 0 Å². The maximum atomic E-state index is 12.3. The summed E-state index contributed by atoms with van der Waals surface area (Å²) < 4.78 is 2.09. The number of amides is 1. The molecule has 0 spiro atoms. The summed E-state index contributed by atoms with van der Waals surface area (Å²) in [5, 5.41) is 12.5. The molecule has 4 rings (SSSR count). The molecule has 1 aromatic heterocycles. The Morgan fingerprint density at radius 3 is 2.58 bits per heavy atom. The van der Waals surface area contributed by atoms with E-state index in [1.807, 2.05) is 61.5 Å². The van der Waals surface area contributed by atoms with Gasteiger partial charge in [-0.05, 0) is 43.5 Å². The molecule has 0 bridgehead atoms. The van der Waals surface area contributed by atoms with Crippen LogP contribution in [0.4, 0.5) is 5.69 Å². The molecule has 1 heterocycles. The highest BCUT2D eigenvalue weighted by Gasteiger charge is 2.31. The Morgan fingerprint density at radius 2 is 1.85 bits per heavy atom. The summed E-state index contributed by atoms with van der Waals surface area (Å²) >= 11 is 1.42. The zero-order valence-electron chi connectivity index (χ0n) is 14.6. The van der Waals surface area contributed by atoms with Crippen LogP contribution in [0.15, 0.2) is 59.8 Å². The Bertz CT molecular complexity index is 919. The highest BCUT2D eigenvalue weighted by atomic mass is 32.2. The number of rotatable bonds is 6. The molecule has 0 atom stereocenters. The van der Waals surface area contributed by atoms with Crippen LogP contribution in [-0.2, 0) is 4.79 Å². The van der Waals surface area contributed by atoms with E-state index in [4.69, 9.17) is 0 Å². The van der Waals surface area contributed by atoms with Gasteiger partial charge in [0.15, 0.2) is 5.16 Å². The molecule has 0 saturated heterocycles. The number of benzene rings is 2. The molecule has 1 saturated carbocycles. The van der Waals surface area contributed by atoms with E-state index < -0.39 is 0 Å². The molecule has 0 unspecified atom stereocenters. The number of aryl methyl sites for hydroxylation is 1. The topological polar surface area (TPSA) is 59.8 Å². The fourth-order valence-electron chi connectivity index (χ4n) is 2.83. The Kier molecular flexibility index (Phi) is 4.75. The molecule has 1 aliphatic rings. The molecule has 2 aromatic carbocycles. The summed E-state index contributed by atoms with van der Waals surface area (Å²) in [7, 11) is 0. The molecule has 132 valence electrons. The monoisotopic (exact) mass is 364 g/mol. The number of nitrogens with zero attached hydrogens (tertiary/aromatic N) is 3. The van der Waals surface area contributed by atoms with Gasteiger partial charge in [-0.3, -0.25) is 9.36 Å². The predicted molar refractivity (Wildman–Crippen MR) is 104 cm³/mol. The van der Waals surface area contributed by atoms with Gasteiger partial charge in [-0.15, -0.1) is 10.2 Å². The molecule has 1 amide bonds. The van der Waals surface area contributed by atoms with Crippen LogP contribution in [0.3, 0.4) is 0 Å². The Morgan fingerprint density at radius 1 is 1.12 bits per heavy atom. The summed E-state index contributed by atoms with van der Waals surface area (Å²) in [5.41, 5.74) is 2.94. The van der Waals surface area contributed by atoms with Gasteiger partial charge in [0.25, 0.3) is 0 Å². The lowest BCUT2D eigenvalue weighted by Gasteiger charge is -2.10. The van der Waals surface area contributed by atoms with Crippen molar-refractivity contribution < 1.29 is 4.79 Å². The summed E-state index contributed by atoms with van der Waals surface area (Å²) in [6.45, 7) is 1.98. The number of hydrogen-bond acceptors (Lipinski definition) is 4. The SMILES string of the molecule is Cc1ccccc1NC(=O)CSc1nnc(C2CC2)n1-c1ccccc1. The zero-order valence-corrected chi connectivity index (χ0v) is 15.4. The van der Waals surface area contributed by atoms with Crippen molar-refractivity contribution in [3.63, 3.8) is 0 Å². The van der Waals surface area contributed by atoms with E-state index in [1.54, 1.807) is 0 Å². The number of thioether (sulfide) groups is 1. The third-order valence-electron chi connectivity index (χ3n) is 4.37. The number of carbonyl (C=O) groups excluding carboxylic acids is 1. The Balaban J connectivity index is 1.50. The summed E-state index contributed by atoms with van der Waals surface area (Å²) in [6, 6.07) is 17.9. The molecule has 1 fully saturated rings. The van der Waals surface area contributed by atoms with Gasteiger partial charge < -0.3 is 5.32 Å². The number of nitrogens with one attached hydrogen (secondary N) is 1. The van der Waals surface area contributed by atoms with Crippen LogP contribution in [0.25, 0.3) is 5.69 Å². The van der Waals surface area contributed by atoms with E-state index >= 15 is 0 Å². The van der Waals surface area contributed by atoms with Crippen LogP contribution in [0.1, 0.15) is 30.1 Å². The van der Waals surface area contributed by atoms with Gasteiger partial charge in [-0.25, -0.2) is 0 Å². The second kappa shape index (κ2) is 7.33. The fraction of sp³-hybridized carbons (Fsp3) is 0.250. The minimum Gasteiger partial charge on any atom is -0.325 e. The van der Waals surface area contributed by atoms with E-state index in [2.05, 4.69) is 20.1 Å². The lowest BCUT2D eigenvalue weighted by molar-refractivity contribution is -0.113. The smallest absolute Gasteiger partial charge is 0.234 e. The first-order chi connectivity index (χ1) is 12.7. The van der Waals surface area contributed by atoms with Gasteiger partial charge in [-0.2, -0.15) is 0 Å². The van der Waals surface area contributed by atoms with Crippen LogP contribution in [0.5, 0.6) is 0 Å².